The van der Waals surface area contributed by atoms with Crippen molar-refractivity contribution in [1.29, 1.82) is 0 Å². The Bertz CT molecular complexity index is 1270. The van der Waals surface area contributed by atoms with Gasteiger partial charge in [0, 0.05) is 48.7 Å². The molecule has 1 amide bonds. The van der Waals surface area contributed by atoms with Crippen molar-refractivity contribution in [1.82, 2.24) is 9.88 Å². The molecule has 0 bridgehead atoms. The van der Waals surface area contributed by atoms with E-state index in [1.165, 1.54) is 31.4 Å². The van der Waals surface area contributed by atoms with E-state index in [1.807, 2.05) is 30.3 Å². The number of alkyl halides is 3. The number of carbonyl (C=O) groups is 1. The van der Waals surface area contributed by atoms with E-state index >= 15 is 0 Å². The summed E-state index contributed by atoms with van der Waals surface area (Å²) in [4.78, 5) is 22.2. The average Bonchev–Trinajstić information content (AvgIpc) is 3.33. The van der Waals surface area contributed by atoms with Gasteiger partial charge in [-0.15, -0.1) is 13.2 Å². The van der Waals surface area contributed by atoms with E-state index in [2.05, 4.69) is 31.8 Å². The van der Waals surface area contributed by atoms with Crippen molar-refractivity contribution in [2.24, 2.45) is 0 Å². The molecule has 9 heteroatoms. The van der Waals surface area contributed by atoms with Crippen LogP contribution >= 0.6 is 0 Å². The summed E-state index contributed by atoms with van der Waals surface area (Å²) < 4.78 is 41.8. The number of aromatic nitrogens is 1. The van der Waals surface area contributed by atoms with Gasteiger partial charge in [0.1, 0.15) is 11.6 Å². The average molecular weight is 539 g/mol. The van der Waals surface area contributed by atoms with E-state index in [0.717, 1.165) is 54.9 Å². The van der Waals surface area contributed by atoms with Crippen molar-refractivity contribution in [3.63, 3.8) is 0 Å². The lowest BCUT2D eigenvalue weighted by Gasteiger charge is -2.28. The zero-order valence-electron chi connectivity index (χ0n) is 22.0. The SMILES string of the molecule is CC1CCCN1Cc1cc(NC(=O)c2ccc(N3CCCCC3)cc2)ncc1-c1ccc(OC(F)(F)F)cc1. The first kappa shape index (κ1) is 27.0. The summed E-state index contributed by atoms with van der Waals surface area (Å²) in [6, 6.07) is 15.7. The summed E-state index contributed by atoms with van der Waals surface area (Å²) in [5.74, 6) is -0.0820. The van der Waals surface area contributed by atoms with Crippen LogP contribution in [0.1, 0.15) is 54.9 Å². The molecule has 1 atom stereocenters. The molecule has 2 fully saturated rings. The lowest BCUT2D eigenvalue weighted by molar-refractivity contribution is -0.274. The third kappa shape index (κ3) is 6.89. The lowest BCUT2D eigenvalue weighted by atomic mass is 10.0. The summed E-state index contributed by atoms with van der Waals surface area (Å²) >= 11 is 0. The monoisotopic (exact) mass is 538 g/mol. The zero-order valence-corrected chi connectivity index (χ0v) is 22.0. The second-order valence-corrected chi connectivity index (χ2v) is 10.3. The minimum absolute atomic E-state index is 0.241. The number of hydrogen-bond donors (Lipinski definition) is 1. The number of nitrogens with one attached hydrogen (secondary N) is 1. The van der Waals surface area contributed by atoms with Gasteiger partial charge in [0.25, 0.3) is 5.91 Å². The zero-order chi connectivity index (χ0) is 27.4. The van der Waals surface area contributed by atoms with Crippen LogP contribution in [-0.2, 0) is 6.54 Å². The molecule has 1 aromatic heterocycles. The minimum Gasteiger partial charge on any atom is -0.406 e. The Morgan fingerprint density at radius 3 is 2.36 bits per heavy atom. The molecule has 2 aliphatic rings. The van der Waals surface area contributed by atoms with Gasteiger partial charge in [-0.25, -0.2) is 4.98 Å². The van der Waals surface area contributed by atoms with Gasteiger partial charge >= 0.3 is 6.36 Å². The van der Waals surface area contributed by atoms with E-state index in [4.69, 9.17) is 0 Å². The van der Waals surface area contributed by atoms with Crippen LogP contribution < -0.4 is 15.0 Å². The lowest BCUT2D eigenvalue weighted by Crippen LogP contribution is -2.29. The van der Waals surface area contributed by atoms with Gasteiger partial charge in [0.05, 0.1) is 0 Å². The molecule has 2 saturated heterocycles. The molecule has 0 radical (unpaired) electrons. The van der Waals surface area contributed by atoms with Crippen LogP contribution in [0, 0.1) is 0 Å². The van der Waals surface area contributed by atoms with Crippen LogP contribution in [-0.4, -0.2) is 47.8 Å². The van der Waals surface area contributed by atoms with E-state index in [9.17, 15) is 18.0 Å². The third-order valence-corrected chi connectivity index (χ3v) is 7.54. The standard InChI is InChI=1S/C30H33F3N4O2/c1-21-6-5-17-37(21)20-24-18-28(34-19-27(24)22-9-13-26(14-10-22)39-30(31,32)33)35-29(38)23-7-11-25(12-8-23)36-15-3-2-4-16-36/h7-14,18-19,21H,2-6,15-17,20H2,1H3,(H,34,35,38). The Labute approximate surface area is 226 Å². The van der Waals surface area contributed by atoms with Gasteiger partial charge in [0.2, 0.25) is 0 Å². The molecule has 3 heterocycles. The third-order valence-electron chi connectivity index (χ3n) is 7.54. The molecular formula is C30H33F3N4O2. The molecule has 0 spiro atoms. The van der Waals surface area contributed by atoms with Gasteiger partial charge in [0.15, 0.2) is 0 Å². The molecule has 1 unspecified atom stereocenters. The van der Waals surface area contributed by atoms with Crippen molar-refractivity contribution in [2.75, 3.05) is 29.9 Å². The Hall–Kier alpha value is -3.59. The first-order valence-corrected chi connectivity index (χ1v) is 13.5. The summed E-state index contributed by atoms with van der Waals surface area (Å²) in [6.07, 6.45) is 2.79. The highest BCUT2D eigenvalue weighted by Crippen LogP contribution is 2.31. The highest BCUT2D eigenvalue weighted by atomic mass is 19.4. The number of hydrogen-bond acceptors (Lipinski definition) is 5. The predicted octanol–water partition coefficient (Wildman–Crippen LogP) is 6.87. The fourth-order valence-corrected chi connectivity index (χ4v) is 5.40. The van der Waals surface area contributed by atoms with Gasteiger partial charge in [-0.2, -0.15) is 0 Å². The van der Waals surface area contributed by atoms with Crippen molar-refractivity contribution in [3.05, 3.63) is 71.9 Å². The Kier molecular flexibility index (Phi) is 8.07. The van der Waals surface area contributed by atoms with Gasteiger partial charge < -0.3 is 15.0 Å². The second-order valence-electron chi connectivity index (χ2n) is 10.3. The molecule has 2 aromatic carbocycles. The summed E-state index contributed by atoms with van der Waals surface area (Å²) in [6.45, 7) is 5.88. The maximum Gasteiger partial charge on any atom is 0.573 e. The van der Waals surface area contributed by atoms with Crippen LogP contribution in [0.4, 0.5) is 24.7 Å². The molecular weight excluding hydrogens is 505 g/mol. The highest BCUT2D eigenvalue weighted by molar-refractivity contribution is 6.04. The number of anilines is 2. The molecule has 3 aromatic rings. The van der Waals surface area contributed by atoms with Crippen LogP contribution in [0.3, 0.4) is 0 Å². The molecule has 5 rings (SSSR count). The van der Waals surface area contributed by atoms with E-state index in [1.54, 1.807) is 18.3 Å². The quantitative estimate of drug-likeness (QED) is 0.356. The second kappa shape index (κ2) is 11.7. The summed E-state index contributed by atoms with van der Waals surface area (Å²) in [7, 11) is 0. The number of rotatable bonds is 7. The van der Waals surface area contributed by atoms with Crippen molar-refractivity contribution in [3.8, 4) is 16.9 Å². The largest absolute Gasteiger partial charge is 0.573 e. The van der Waals surface area contributed by atoms with Gasteiger partial charge in [-0.05, 0) is 99.2 Å². The van der Waals surface area contributed by atoms with Crippen molar-refractivity contribution in [2.45, 2.75) is 58.0 Å². The van der Waals surface area contributed by atoms with Crippen LogP contribution in [0.2, 0.25) is 0 Å². The molecule has 1 N–H and O–H groups in total. The molecule has 2 aliphatic heterocycles. The van der Waals surface area contributed by atoms with Gasteiger partial charge in [-0.3, -0.25) is 9.69 Å². The normalized spacial score (nSPS) is 18.3. The van der Waals surface area contributed by atoms with Crippen molar-refractivity contribution >= 4 is 17.4 Å². The number of carbonyl (C=O) groups excluding carboxylic acids is 1. The van der Waals surface area contributed by atoms with Crippen LogP contribution in [0.25, 0.3) is 11.1 Å². The number of ether oxygens (including phenoxy) is 1. The fraction of sp³-hybridized carbons (Fsp3) is 0.400. The Morgan fingerprint density at radius 2 is 1.72 bits per heavy atom. The minimum atomic E-state index is -4.74. The Morgan fingerprint density at radius 1 is 1.00 bits per heavy atom. The highest BCUT2D eigenvalue weighted by Gasteiger charge is 2.31. The topological polar surface area (TPSA) is 57.7 Å². The number of halogens is 3. The van der Waals surface area contributed by atoms with Crippen LogP contribution in [0.15, 0.2) is 60.8 Å². The molecule has 6 nitrogen and oxygen atoms in total. The molecule has 0 saturated carbocycles. The smallest absolute Gasteiger partial charge is 0.406 e. The molecule has 39 heavy (non-hydrogen) atoms. The van der Waals surface area contributed by atoms with Crippen molar-refractivity contribution < 1.29 is 22.7 Å². The first-order valence-electron chi connectivity index (χ1n) is 13.5. The number of piperidine rings is 1. The van der Waals surface area contributed by atoms with E-state index in [-0.39, 0.29) is 11.7 Å². The summed E-state index contributed by atoms with van der Waals surface area (Å²) in [5, 5.41) is 2.92. The fourth-order valence-electron chi connectivity index (χ4n) is 5.40. The van der Waals surface area contributed by atoms with Gasteiger partial charge in [-0.1, -0.05) is 12.1 Å². The summed E-state index contributed by atoms with van der Waals surface area (Å²) in [5.41, 5.74) is 4.15. The first-order chi connectivity index (χ1) is 18.7. The Balaban J connectivity index is 1.35. The number of pyridine rings is 1. The number of amides is 1. The maximum atomic E-state index is 13.0. The van der Waals surface area contributed by atoms with Crippen LogP contribution in [0.5, 0.6) is 5.75 Å². The number of benzene rings is 2. The number of nitrogens with zero attached hydrogens (tertiary/aromatic N) is 3. The predicted molar refractivity (Wildman–Crippen MR) is 146 cm³/mol. The molecule has 206 valence electrons. The number of likely N-dealkylation sites (tertiary alicyclic amines) is 1. The maximum absolute atomic E-state index is 13.0. The van der Waals surface area contributed by atoms with E-state index in [0.29, 0.717) is 24.0 Å². The molecule has 0 aliphatic carbocycles. The van der Waals surface area contributed by atoms with E-state index < -0.39 is 6.36 Å².